The van der Waals surface area contributed by atoms with E-state index in [0.29, 0.717) is 13.1 Å². The third kappa shape index (κ3) is 2.89. The van der Waals surface area contributed by atoms with Crippen LogP contribution in [0, 0.1) is 6.92 Å². The zero-order chi connectivity index (χ0) is 13.2. The number of rotatable bonds is 6. The van der Waals surface area contributed by atoms with Crippen LogP contribution in [0.2, 0.25) is 0 Å². The van der Waals surface area contributed by atoms with Gasteiger partial charge in [-0.25, -0.2) is 18.1 Å². The monoisotopic (exact) mass is 288 g/mol. The van der Waals surface area contributed by atoms with Gasteiger partial charge in [0.1, 0.15) is 0 Å². The van der Waals surface area contributed by atoms with E-state index in [1.807, 2.05) is 22.9 Å². The Bertz CT molecular complexity index is 629. The fraction of sp³-hybridized carbons (Fsp3) is 0.500. The van der Waals surface area contributed by atoms with Crippen LogP contribution in [0.5, 0.6) is 0 Å². The lowest BCUT2D eigenvalue weighted by molar-refractivity contribution is 0.582. The Balaban J connectivity index is 1.94. The molecule has 2 N–H and O–H groups in total. The van der Waals surface area contributed by atoms with Crippen LogP contribution in [0.1, 0.15) is 11.4 Å². The molecule has 6 nitrogen and oxygen atoms in total. The van der Waals surface area contributed by atoms with Gasteiger partial charge in [0.15, 0.2) is 4.96 Å². The molecule has 0 radical (unpaired) electrons. The molecule has 100 valence electrons. The maximum Gasteiger partial charge on any atom is 0.212 e. The van der Waals surface area contributed by atoms with Gasteiger partial charge in [-0.05, 0) is 14.0 Å². The van der Waals surface area contributed by atoms with Gasteiger partial charge in [0.25, 0.3) is 0 Å². The minimum Gasteiger partial charge on any atom is -0.310 e. The van der Waals surface area contributed by atoms with Crippen LogP contribution in [0.3, 0.4) is 0 Å². The smallest absolute Gasteiger partial charge is 0.212 e. The molecule has 8 heteroatoms. The second-order valence-corrected chi connectivity index (χ2v) is 6.82. The Morgan fingerprint density at radius 2 is 2.28 bits per heavy atom. The van der Waals surface area contributed by atoms with E-state index >= 15 is 0 Å². The first kappa shape index (κ1) is 13.5. The van der Waals surface area contributed by atoms with E-state index in [0.717, 1.165) is 16.3 Å². The van der Waals surface area contributed by atoms with Crippen LogP contribution >= 0.6 is 11.3 Å². The van der Waals surface area contributed by atoms with Crippen LogP contribution in [-0.2, 0) is 16.6 Å². The number of aromatic nitrogens is 2. The topological polar surface area (TPSA) is 75.5 Å². The summed E-state index contributed by atoms with van der Waals surface area (Å²) < 4.78 is 26.8. The molecule has 0 atom stereocenters. The van der Waals surface area contributed by atoms with Crippen molar-refractivity contribution in [1.82, 2.24) is 19.4 Å². The molecule has 0 aromatic carbocycles. The molecule has 0 aliphatic carbocycles. The molecule has 2 aromatic rings. The largest absolute Gasteiger partial charge is 0.310 e. The van der Waals surface area contributed by atoms with Gasteiger partial charge >= 0.3 is 0 Å². The summed E-state index contributed by atoms with van der Waals surface area (Å²) in [6.07, 6.45) is 1.97. The van der Waals surface area contributed by atoms with Gasteiger partial charge in [-0.15, -0.1) is 11.3 Å². The van der Waals surface area contributed by atoms with Gasteiger partial charge < -0.3 is 5.32 Å². The maximum absolute atomic E-state index is 11.2. The maximum atomic E-state index is 11.2. The number of aryl methyl sites for hydroxylation is 1. The molecule has 0 fully saturated rings. The summed E-state index contributed by atoms with van der Waals surface area (Å²) >= 11 is 1.59. The molecule has 2 heterocycles. The van der Waals surface area contributed by atoms with Crippen LogP contribution in [0.15, 0.2) is 11.6 Å². The quantitative estimate of drug-likeness (QED) is 0.752. The summed E-state index contributed by atoms with van der Waals surface area (Å²) in [5.74, 6) is 0.0775. The molecular weight excluding hydrogens is 272 g/mol. The van der Waals surface area contributed by atoms with Crippen molar-refractivity contribution in [1.29, 1.82) is 0 Å². The highest BCUT2D eigenvalue weighted by Crippen LogP contribution is 2.16. The Hall–Kier alpha value is -0.960. The number of hydrogen-bond donors (Lipinski definition) is 2. The molecule has 0 aliphatic heterocycles. The lowest BCUT2D eigenvalue weighted by Crippen LogP contribution is -2.29. The average molecular weight is 288 g/mol. The van der Waals surface area contributed by atoms with Crippen molar-refractivity contribution >= 4 is 26.3 Å². The van der Waals surface area contributed by atoms with Gasteiger partial charge in [-0.1, -0.05) is 0 Å². The Labute approximate surface area is 110 Å². The highest BCUT2D eigenvalue weighted by Gasteiger charge is 2.10. The van der Waals surface area contributed by atoms with E-state index in [1.165, 1.54) is 7.05 Å². The molecule has 0 saturated heterocycles. The molecule has 0 unspecified atom stereocenters. The van der Waals surface area contributed by atoms with E-state index in [2.05, 4.69) is 15.0 Å². The Kier molecular flexibility index (Phi) is 4.00. The lowest BCUT2D eigenvalue weighted by atomic mass is 10.3. The molecule has 0 spiro atoms. The fourth-order valence-corrected chi connectivity index (χ4v) is 3.06. The van der Waals surface area contributed by atoms with Crippen molar-refractivity contribution in [3.05, 3.63) is 23.0 Å². The van der Waals surface area contributed by atoms with Gasteiger partial charge in [0, 0.05) is 24.7 Å². The van der Waals surface area contributed by atoms with E-state index in [-0.39, 0.29) is 5.75 Å². The molecule has 18 heavy (non-hydrogen) atoms. The first-order valence-electron chi connectivity index (χ1n) is 5.56. The third-order valence-electron chi connectivity index (χ3n) is 2.71. The summed E-state index contributed by atoms with van der Waals surface area (Å²) in [6, 6.07) is 0. The van der Waals surface area contributed by atoms with Crippen LogP contribution in [0.4, 0.5) is 0 Å². The fourth-order valence-electron chi connectivity index (χ4n) is 1.67. The summed E-state index contributed by atoms with van der Waals surface area (Å²) in [5, 5.41) is 5.11. The molecule has 2 aromatic heterocycles. The molecular formula is C10H16N4O2S2. The van der Waals surface area contributed by atoms with E-state index < -0.39 is 10.0 Å². The third-order valence-corrected chi connectivity index (χ3v) is 4.83. The Morgan fingerprint density at radius 3 is 3.00 bits per heavy atom. The number of imidazole rings is 1. The Morgan fingerprint density at radius 1 is 1.50 bits per heavy atom. The standard InChI is InChI=1S/C10H16N4O2S2/c1-8-9(14-4-5-17-10(14)13-8)7-12-3-6-18(15,16)11-2/h4-5,11-12H,3,6-7H2,1-2H3. The highest BCUT2D eigenvalue weighted by molar-refractivity contribution is 7.89. The first-order chi connectivity index (χ1) is 8.53. The zero-order valence-corrected chi connectivity index (χ0v) is 11.9. The van der Waals surface area contributed by atoms with Crippen LogP contribution < -0.4 is 10.0 Å². The minimum absolute atomic E-state index is 0.0775. The predicted molar refractivity (Wildman–Crippen MR) is 72.4 cm³/mol. The zero-order valence-electron chi connectivity index (χ0n) is 10.3. The normalized spacial score (nSPS) is 12.3. The van der Waals surface area contributed by atoms with Crippen molar-refractivity contribution in [3.63, 3.8) is 0 Å². The molecule has 0 saturated carbocycles. The van der Waals surface area contributed by atoms with Crippen molar-refractivity contribution in [2.24, 2.45) is 0 Å². The summed E-state index contributed by atoms with van der Waals surface area (Å²) in [7, 11) is -1.71. The minimum atomic E-state index is -3.14. The number of nitrogens with one attached hydrogen (secondary N) is 2. The van der Waals surface area contributed by atoms with Crippen molar-refractivity contribution in [2.75, 3.05) is 19.3 Å². The highest BCUT2D eigenvalue weighted by atomic mass is 32.2. The summed E-state index contributed by atoms with van der Waals surface area (Å²) in [4.78, 5) is 5.39. The molecule has 0 bridgehead atoms. The summed E-state index contributed by atoms with van der Waals surface area (Å²) in [6.45, 7) is 2.99. The van der Waals surface area contributed by atoms with Crippen LogP contribution in [0.25, 0.3) is 4.96 Å². The number of hydrogen-bond acceptors (Lipinski definition) is 5. The number of thiazole rings is 1. The molecule has 0 aliphatic rings. The van der Waals surface area contributed by atoms with E-state index in [1.54, 1.807) is 11.3 Å². The van der Waals surface area contributed by atoms with Gasteiger partial charge in [-0.2, -0.15) is 0 Å². The predicted octanol–water partition coefficient (Wildman–Crippen LogP) is 0.343. The van der Waals surface area contributed by atoms with E-state index in [9.17, 15) is 8.42 Å². The van der Waals surface area contributed by atoms with E-state index in [4.69, 9.17) is 0 Å². The van der Waals surface area contributed by atoms with Crippen LogP contribution in [-0.4, -0.2) is 37.1 Å². The first-order valence-corrected chi connectivity index (χ1v) is 8.09. The van der Waals surface area contributed by atoms with Gasteiger partial charge in [0.05, 0.1) is 17.1 Å². The second kappa shape index (κ2) is 5.35. The lowest BCUT2D eigenvalue weighted by Gasteiger charge is -2.05. The second-order valence-electron chi connectivity index (χ2n) is 3.90. The number of nitrogens with zero attached hydrogens (tertiary/aromatic N) is 2. The van der Waals surface area contributed by atoms with Crippen molar-refractivity contribution in [3.8, 4) is 0 Å². The van der Waals surface area contributed by atoms with Gasteiger partial charge in [0.2, 0.25) is 10.0 Å². The molecule has 2 rings (SSSR count). The average Bonchev–Trinajstić information content (AvgIpc) is 2.86. The SMILES string of the molecule is CNS(=O)(=O)CCNCc1c(C)nc2sccn12. The summed E-state index contributed by atoms with van der Waals surface area (Å²) in [5.41, 5.74) is 2.05. The molecule has 0 amide bonds. The van der Waals surface area contributed by atoms with Gasteiger partial charge in [-0.3, -0.25) is 4.40 Å². The van der Waals surface area contributed by atoms with Crippen molar-refractivity contribution in [2.45, 2.75) is 13.5 Å². The van der Waals surface area contributed by atoms with Crippen molar-refractivity contribution < 1.29 is 8.42 Å². The number of fused-ring (bicyclic) bond motifs is 1. The number of sulfonamides is 1.